The van der Waals surface area contributed by atoms with Crippen molar-refractivity contribution >= 4 is 17.9 Å². The largest absolute Gasteiger partial charge is 0.457 e. The zero-order valence-electron chi connectivity index (χ0n) is 42.8. The van der Waals surface area contributed by atoms with Crippen LogP contribution < -0.4 is 0 Å². The number of hydrogen-bond acceptors (Lipinski definition) is 20. The van der Waals surface area contributed by atoms with E-state index >= 15 is 0 Å². The third-order valence-electron chi connectivity index (χ3n) is 14.6. The van der Waals surface area contributed by atoms with E-state index in [1.807, 2.05) is 6.92 Å². The molecular weight excluding hydrogens is 921 g/mol. The minimum Gasteiger partial charge on any atom is -0.457 e. The molecule has 5 fully saturated rings. The summed E-state index contributed by atoms with van der Waals surface area (Å²) in [6.45, 7) is 15.3. The molecule has 0 radical (unpaired) electrons. The van der Waals surface area contributed by atoms with Crippen molar-refractivity contribution in [3.8, 4) is 0 Å². The van der Waals surface area contributed by atoms with E-state index in [0.717, 1.165) is 70.6 Å². The molecule has 0 amide bonds. The summed E-state index contributed by atoms with van der Waals surface area (Å²) in [4.78, 5) is 39.7. The van der Waals surface area contributed by atoms with Gasteiger partial charge in [0.05, 0.1) is 42.4 Å². The maximum absolute atomic E-state index is 13.6. The molecule has 20 heteroatoms. The van der Waals surface area contributed by atoms with Crippen molar-refractivity contribution in [2.75, 3.05) is 0 Å². The van der Waals surface area contributed by atoms with Gasteiger partial charge in [0.25, 0.3) is 0 Å². The minimum absolute atomic E-state index is 0.0264. The van der Waals surface area contributed by atoms with Gasteiger partial charge in [0, 0.05) is 6.42 Å². The molecule has 5 heterocycles. The Labute approximate surface area is 413 Å². The second-order valence-corrected chi connectivity index (χ2v) is 20.2. The van der Waals surface area contributed by atoms with Crippen molar-refractivity contribution in [1.29, 1.82) is 0 Å². The highest BCUT2D eigenvalue weighted by atomic mass is 16.8. The van der Waals surface area contributed by atoms with E-state index in [1.165, 1.54) is 13.8 Å². The lowest BCUT2D eigenvalue weighted by Crippen LogP contribution is -2.67. The fraction of sp³-hybridized carbons (Fsp3) is 0.940. The van der Waals surface area contributed by atoms with Crippen molar-refractivity contribution in [3.05, 3.63) is 0 Å². The highest BCUT2D eigenvalue weighted by Gasteiger charge is 2.56. The fourth-order valence-electron chi connectivity index (χ4n) is 9.51. The van der Waals surface area contributed by atoms with E-state index in [4.69, 9.17) is 52.1 Å². The van der Waals surface area contributed by atoms with Crippen molar-refractivity contribution < 1.29 is 97.1 Å². The van der Waals surface area contributed by atoms with Gasteiger partial charge in [-0.25, -0.2) is 0 Å². The fourth-order valence-corrected chi connectivity index (χ4v) is 9.51. The Morgan fingerprint density at radius 2 is 1.10 bits per heavy atom. The van der Waals surface area contributed by atoms with E-state index in [-0.39, 0.29) is 12.5 Å². The maximum atomic E-state index is 13.6. The molecule has 5 aliphatic rings. The average Bonchev–Trinajstić information content (AvgIpc) is 3.33. The van der Waals surface area contributed by atoms with E-state index < -0.39 is 153 Å². The molecule has 0 spiro atoms. The number of rotatable bonds is 14. The normalized spacial score (nSPS) is 42.7. The van der Waals surface area contributed by atoms with Crippen molar-refractivity contribution in [1.82, 2.24) is 0 Å². The lowest BCUT2D eigenvalue weighted by molar-refractivity contribution is -0.387. The molecule has 0 aromatic rings. The Bertz CT molecular complexity index is 1590. The Morgan fingerprint density at radius 3 is 1.74 bits per heavy atom. The Balaban J connectivity index is 1.41. The number of hydrogen-bond donors (Lipinski definition) is 6. The predicted molar refractivity (Wildman–Crippen MR) is 247 cm³/mol. The SMILES string of the molecule is CCCCCC1CCCCCCCCCC(=O)OC2C(O)C(OC(C)C2OC2OC(C)C(OC3OC(C)C(OC(=O)C(C)CC)C(O)C3O)C(O)C2OC(=O)C(C)CC)OC2C(O1)OC(C)C(O)C2O. The van der Waals surface area contributed by atoms with Crippen LogP contribution in [0.15, 0.2) is 0 Å². The quantitative estimate of drug-likeness (QED) is 0.0824. The number of ether oxygens (including phenoxy) is 11. The summed E-state index contributed by atoms with van der Waals surface area (Å²) in [5, 5.41) is 69.0. The van der Waals surface area contributed by atoms with Gasteiger partial charge in [0.2, 0.25) is 0 Å². The number of aliphatic hydroxyl groups excluding tert-OH is 6. The topological polar surface area (TPSA) is 274 Å². The Kier molecular flexibility index (Phi) is 23.4. The summed E-state index contributed by atoms with van der Waals surface area (Å²) in [6.07, 6.45) is -17.0. The van der Waals surface area contributed by atoms with E-state index in [1.54, 1.807) is 34.6 Å². The molecule has 0 aromatic carbocycles. The molecule has 0 aromatic heterocycles. The van der Waals surface area contributed by atoms with Gasteiger partial charge in [-0.15, -0.1) is 0 Å². The van der Waals surface area contributed by atoms with Gasteiger partial charge in [-0.1, -0.05) is 92.4 Å². The molecule has 5 rings (SSSR count). The third-order valence-corrected chi connectivity index (χ3v) is 14.6. The zero-order valence-corrected chi connectivity index (χ0v) is 42.8. The standard InChI is InChI=1S/C50H86O20/c1-10-13-19-22-31-23-20-17-15-14-16-18-21-24-32(51)65-42-38(57)48(70-43-34(53)33(52)27(6)60-49(43)64-31)62-30(9)41(42)69-50-44(67-46(59)26(5)12-3)37(56)40(29(8)63-50)68-47-36(55)35(54)39(28(7)61-47)66-45(58)25(4)11-2/h25-31,33-44,47-50,52-57H,10-24H2,1-9H3. The molecular formula is C50H86O20. The van der Waals surface area contributed by atoms with E-state index in [2.05, 4.69) is 6.92 Å². The molecule has 5 saturated heterocycles. The van der Waals surface area contributed by atoms with Gasteiger partial charge in [-0.3, -0.25) is 14.4 Å². The Hall–Kier alpha value is -2.15. The lowest BCUT2D eigenvalue weighted by Gasteiger charge is -2.49. The van der Waals surface area contributed by atoms with Gasteiger partial charge in [-0.2, -0.15) is 0 Å². The second kappa shape index (κ2) is 27.9. The second-order valence-electron chi connectivity index (χ2n) is 20.2. The van der Waals surface area contributed by atoms with Gasteiger partial charge >= 0.3 is 17.9 Å². The summed E-state index contributed by atoms with van der Waals surface area (Å²) >= 11 is 0. The summed E-state index contributed by atoms with van der Waals surface area (Å²) < 4.78 is 67.6. The van der Waals surface area contributed by atoms with Crippen LogP contribution >= 0.6 is 0 Å². The molecule has 5 aliphatic heterocycles. The number of carbonyl (C=O) groups is 3. The minimum atomic E-state index is -1.79. The van der Waals surface area contributed by atoms with E-state index in [9.17, 15) is 45.0 Å². The molecule has 23 atom stereocenters. The van der Waals surface area contributed by atoms with Crippen LogP contribution in [-0.4, -0.2) is 177 Å². The third kappa shape index (κ3) is 15.2. The first-order chi connectivity index (χ1) is 33.3. The number of carbonyl (C=O) groups excluding carboxylic acids is 3. The molecule has 6 N–H and O–H groups in total. The van der Waals surface area contributed by atoms with Crippen LogP contribution in [0.2, 0.25) is 0 Å². The summed E-state index contributed by atoms with van der Waals surface area (Å²) in [5.74, 6) is -3.03. The predicted octanol–water partition coefficient (Wildman–Crippen LogP) is 3.60. The lowest BCUT2D eigenvalue weighted by atomic mass is 9.95. The first-order valence-electron chi connectivity index (χ1n) is 26.2. The Morgan fingerprint density at radius 1 is 0.543 bits per heavy atom. The first-order valence-corrected chi connectivity index (χ1v) is 26.2. The summed E-state index contributed by atoms with van der Waals surface area (Å²) in [7, 11) is 0. The summed E-state index contributed by atoms with van der Waals surface area (Å²) in [5.41, 5.74) is 0. The van der Waals surface area contributed by atoms with Crippen LogP contribution in [0.4, 0.5) is 0 Å². The van der Waals surface area contributed by atoms with Crippen LogP contribution in [0.1, 0.15) is 159 Å². The van der Waals surface area contributed by atoms with E-state index in [0.29, 0.717) is 19.3 Å². The molecule has 20 nitrogen and oxygen atoms in total. The molecule has 2 bridgehead atoms. The van der Waals surface area contributed by atoms with Crippen LogP contribution in [0, 0.1) is 11.8 Å². The van der Waals surface area contributed by atoms with Crippen LogP contribution in [0.25, 0.3) is 0 Å². The molecule has 0 aliphatic carbocycles. The molecule has 0 saturated carbocycles. The summed E-state index contributed by atoms with van der Waals surface area (Å²) in [6, 6.07) is 0. The van der Waals surface area contributed by atoms with Gasteiger partial charge in [0.1, 0.15) is 54.9 Å². The number of aliphatic hydroxyl groups is 6. The smallest absolute Gasteiger partial charge is 0.309 e. The molecule has 406 valence electrons. The van der Waals surface area contributed by atoms with Crippen LogP contribution in [0.5, 0.6) is 0 Å². The van der Waals surface area contributed by atoms with Crippen molar-refractivity contribution in [3.63, 3.8) is 0 Å². The van der Waals surface area contributed by atoms with Gasteiger partial charge in [0.15, 0.2) is 43.5 Å². The average molecular weight is 1010 g/mol. The zero-order chi connectivity index (χ0) is 51.4. The maximum Gasteiger partial charge on any atom is 0.309 e. The number of esters is 3. The molecule has 23 unspecified atom stereocenters. The van der Waals surface area contributed by atoms with Crippen molar-refractivity contribution in [2.45, 2.75) is 288 Å². The monoisotopic (exact) mass is 1010 g/mol. The highest BCUT2D eigenvalue weighted by molar-refractivity contribution is 5.72. The van der Waals surface area contributed by atoms with Crippen LogP contribution in [-0.2, 0) is 66.5 Å². The van der Waals surface area contributed by atoms with Crippen LogP contribution in [0.3, 0.4) is 0 Å². The van der Waals surface area contributed by atoms with Crippen molar-refractivity contribution in [2.24, 2.45) is 11.8 Å². The highest BCUT2D eigenvalue weighted by Crippen LogP contribution is 2.37. The first kappa shape index (κ1) is 58.7. The number of unbranched alkanes of at least 4 members (excludes halogenated alkanes) is 2. The van der Waals surface area contributed by atoms with Gasteiger partial charge < -0.3 is 82.7 Å². The molecule has 70 heavy (non-hydrogen) atoms. The van der Waals surface area contributed by atoms with Gasteiger partial charge in [-0.05, 0) is 59.8 Å². The number of fused-ring (bicyclic) bond motifs is 3.